The molecule has 0 spiro atoms. The lowest BCUT2D eigenvalue weighted by molar-refractivity contribution is -0.132. The lowest BCUT2D eigenvalue weighted by Crippen LogP contribution is -2.45. The first-order valence-electron chi connectivity index (χ1n) is 13.6. The zero-order chi connectivity index (χ0) is 25.6. The first kappa shape index (κ1) is 25.5. The van der Waals surface area contributed by atoms with Crippen molar-refractivity contribution in [2.45, 2.75) is 32.3 Å². The third-order valence-electron chi connectivity index (χ3n) is 7.54. The highest BCUT2D eigenvalue weighted by molar-refractivity contribution is 5.92. The Morgan fingerprint density at radius 1 is 0.973 bits per heavy atom. The predicted molar refractivity (Wildman–Crippen MR) is 147 cm³/mol. The number of carbonyl (C=O) groups excluding carboxylic acids is 1. The van der Waals surface area contributed by atoms with Crippen molar-refractivity contribution in [3.05, 3.63) is 54.7 Å². The number of rotatable bonds is 8. The van der Waals surface area contributed by atoms with Gasteiger partial charge in [-0.3, -0.25) is 14.7 Å². The van der Waals surface area contributed by atoms with E-state index in [9.17, 15) is 4.79 Å². The number of fused-ring (bicyclic) bond motifs is 1. The van der Waals surface area contributed by atoms with Crippen molar-refractivity contribution in [2.24, 2.45) is 0 Å². The fourth-order valence-electron chi connectivity index (χ4n) is 5.19. The summed E-state index contributed by atoms with van der Waals surface area (Å²) >= 11 is 0. The van der Waals surface area contributed by atoms with Gasteiger partial charge in [-0.25, -0.2) is 0 Å². The highest BCUT2D eigenvalue weighted by Gasteiger charge is 2.23. The molecule has 7 nitrogen and oxygen atoms in total. The molecular formula is C30H38N4O3. The Balaban J connectivity index is 1.27. The van der Waals surface area contributed by atoms with Gasteiger partial charge < -0.3 is 19.3 Å². The summed E-state index contributed by atoms with van der Waals surface area (Å²) in [5.74, 6) is 1.93. The van der Waals surface area contributed by atoms with E-state index in [0.29, 0.717) is 13.0 Å². The second-order valence-electron chi connectivity index (χ2n) is 10.1. The molecule has 2 saturated heterocycles. The molecule has 0 radical (unpaired) electrons. The smallest absolute Gasteiger partial charge is 0.222 e. The van der Waals surface area contributed by atoms with Crippen molar-refractivity contribution < 1.29 is 14.3 Å². The normalized spacial score (nSPS) is 17.7. The van der Waals surface area contributed by atoms with Crippen molar-refractivity contribution in [3.8, 4) is 22.6 Å². The van der Waals surface area contributed by atoms with E-state index in [0.717, 1.165) is 92.2 Å². The van der Waals surface area contributed by atoms with E-state index in [1.165, 1.54) is 0 Å². The van der Waals surface area contributed by atoms with E-state index in [4.69, 9.17) is 9.47 Å². The maximum Gasteiger partial charge on any atom is 0.222 e. The van der Waals surface area contributed by atoms with Crippen molar-refractivity contribution in [2.75, 3.05) is 59.5 Å². The van der Waals surface area contributed by atoms with E-state index in [2.05, 4.69) is 52.2 Å². The zero-order valence-electron chi connectivity index (χ0n) is 22.1. The molecule has 5 rings (SSSR count). The largest absolute Gasteiger partial charge is 0.490 e. The van der Waals surface area contributed by atoms with Gasteiger partial charge in [0.1, 0.15) is 24.0 Å². The summed E-state index contributed by atoms with van der Waals surface area (Å²) in [6.45, 7) is 9.37. The number of aromatic nitrogens is 1. The molecule has 0 aliphatic carbocycles. The Morgan fingerprint density at radius 3 is 2.46 bits per heavy atom. The molecule has 2 aliphatic heterocycles. The SMILES string of the molecule is CCC(=O)N1CCC(Oc2ccc(-c3ccc4cccnc4c3OCCN3CCN(C)CC3)cc2)CC1. The van der Waals surface area contributed by atoms with E-state index in [1.807, 2.05) is 36.2 Å². The number of carbonyl (C=O) groups is 1. The highest BCUT2D eigenvalue weighted by Crippen LogP contribution is 2.36. The summed E-state index contributed by atoms with van der Waals surface area (Å²) in [6, 6.07) is 16.6. The lowest BCUT2D eigenvalue weighted by Gasteiger charge is -2.32. The molecule has 0 saturated carbocycles. The first-order valence-corrected chi connectivity index (χ1v) is 13.6. The molecule has 7 heteroatoms. The summed E-state index contributed by atoms with van der Waals surface area (Å²) < 4.78 is 12.7. The van der Waals surface area contributed by atoms with Gasteiger partial charge in [0.05, 0.1) is 0 Å². The van der Waals surface area contributed by atoms with Crippen LogP contribution in [0.4, 0.5) is 0 Å². The van der Waals surface area contributed by atoms with Gasteiger partial charge in [-0.1, -0.05) is 31.2 Å². The Labute approximate surface area is 220 Å². The van der Waals surface area contributed by atoms with Gasteiger partial charge in [0.15, 0.2) is 5.75 Å². The number of ether oxygens (including phenoxy) is 2. The second-order valence-corrected chi connectivity index (χ2v) is 10.1. The minimum Gasteiger partial charge on any atom is -0.490 e. The van der Waals surface area contributed by atoms with E-state index >= 15 is 0 Å². The van der Waals surface area contributed by atoms with Crippen LogP contribution in [0, 0.1) is 0 Å². The third-order valence-corrected chi connectivity index (χ3v) is 7.54. The second kappa shape index (κ2) is 11.9. The Kier molecular flexibility index (Phi) is 8.21. The average Bonchev–Trinajstić information content (AvgIpc) is 2.94. The Morgan fingerprint density at radius 2 is 1.73 bits per heavy atom. The summed E-state index contributed by atoms with van der Waals surface area (Å²) in [7, 11) is 2.18. The fourth-order valence-corrected chi connectivity index (χ4v) is 5.19. The molecule has 3 aromatic rings. The number of piperazine rings is 1. The maximum atomic E-state index is 11.9. The molecule has 1 amide bonds. The zero-order valence-corrected chi connectivity index (χ0v) is 22.1. The van der Waals surface area contributed by atoms with Crippen LogP contribution >= 0.6 is 0 Å². The summed E-state index contributed by atoms with van der Waals surface area (Å²) in [6.07, 6.45) is 4.28. The van der Waals surface area contributed by atoms with Crippen LogP contribution in [0.25, 0.3) is 22.0 Å². The minimum atomic E-state index is 0.144. The maximum absolute atomic E-state index is 11.9. The van der Waals surface area contributed by atoms with Gasteiger partial charge in [0, 0.05) is 82.2 Å². The van der Waals surface area contributed by atoms with Gasteiger partial charge >= 0.3 is 0 Å². The Hall–Kier alpha value is -3.16. The summed E-state index contributed by atoms with van der Waals surface area (Å²) in [5.41, 5.74) is 3.02. The quantitative estimate of drug-likeness (QED) is 0.458. The van der Waals surface area contributed by atoms with Crippen molar-refractivity contribution >= 4 is 16.8 Å². The van der Waals surface area contributed by atoms with Crippen LogP contribution in [0.15, 0.2) is 54.7 Å². The molecule has 0 bridgehead atoms. The molecule has 1 aromatic heterocycles. The molecule has 3 heterocycles. The number of amides is 1. The van der Waals surface area contributed by atoms with Crippen LogP contribution in [0.3, 0.4) is 0 Å². The van der Waals surface area contributed by atoms with Crippen LogP contribution in [0.2, 0.25) is 0 Å². The average molecular weight is 503 g/mol. The van der Waals surface area contributed by atoms with Gasteiger partial charge in [0.25, 0.3) is 0 Å². The number of pyridine rings is 1. The number of hydrogen-bond donors (Lipinski definition) is 0. The standard InChI is InChI=1S/C30H38N4O3/c1-3-28(35)34-15-12-26(13-16-34)37-25-9-6-23(7-10-25)27-11-8-24-5-4-14-31-29(24)30(27)36-22-21-33-19-17-32(2)18-20-33/h4-11,14,26H,3,12-13,15-22H2,1-2H3. The molecule has 2 fully saturated rings. The van der Waals surface area contributed by atoms with Crippen LogP contribution in [-0.4, -0.2) is 91.2 Å². The molecule has 2 aromatic carbocycles. The molecule has 196 valence electrons. The van der Waals surface area contributed by atoms with Crippen molar-refractivity contribution in [1.29, 1.82) is 0 Å². The van der Waals surface area contributed by atoms with Crippen LogP contribution < -0.4 is 9.47 Å². The van der Waals surface area contributed by atoms with Gasteiger partial charge in [-0.05, 0) is 36.9 Å². The van der Waals surface area contributed by atoms with Gasteiger partial charge in [-0.2, -0.15) is 0 Å². The van der Waals surface area contributed by atoms with E-state index in [1.54, 1.807) is 0 Å². The fraction of sp³-hybridized carbons (Fsp3) is 0.467. The predicted octanol–water partition coefficient (Wildman–Crippen LogP) is 4.31. The molecule has 0 N–H and O–H groups in total. The van der Waals surface area contributed by atoms with Crippen molar-refractivity contribution in [1.82, 2.24) is 19.7 Å². The Bertz CT molecular complexity index is 1180. The van der Waals surface area contributed by atoms with E-state index < -0.39 is 0 Å². The molecule has 0 unspecified atom stereocenters. The van der Waals surface area contributed by atoms with Crippen molar-refractivity contribution in [3.63, 3.8) is 0 Å². The number of hydrogen-bond acceptors (Lipinski definition) is 6. The number of benzene rings is 2. The minimum absolute atomic E-state index is 0.144. The first-order chi connectivity index (χ1) is 18.1. The molecule has 0 atom stereocenters. The number of likely N-dealkylation sites (N-methyl/N-ethyl adjacent to an activating group) is 1. The third kappa shape index (κ3) is 6.22. The summed E-state index contributed by atoms with van der Waals surface area (Å²) in [5, 5.41) is 1.08. The van der Waals surface area contributed by atoms with Gasteiger partial charge in [0.2, 0.25) is 5.91 Å². The molecule has 37 heavy (non-hydrogen) atoms. The summed E-state index contributed by atoms with van der Waals surface area (Å²) in [4.78, 5) is 23.4. The number of piperidine rings is 1. The highest BCUT2D eigenvalue weighted by atomic mass is 16.5. The lowest BCUT2D eigenvalue weighted by atomic mass is 10.0. The van der Waals surface area contributed by atoms with Crippen LogP contribution in [0.1, 0.15) is 26.2 Å². The van der Waals surface area contributed by atoms with Crippen LogP contribution in [0.5, 0.6) is 11.5 Å². The van der Waals surface area contributed by atoms with E-state index in [-0.39, 0.29) is 12.0 Å². The topological polar surface area (TPSA) is 58.1 Å². The van der Waals surface area contributed by atoms with Crippen LogP contribution in [-0.2, 0) is 4.79 Å². The molecule has 2 aliphatic rings. The monoisotopic (exact) mass is 502 g/mol. The number of likely N-dealkylation sites (tertiary alicyclic amines) is 1. The molecular weight excluding hydrogens is 464 g/mol. The van der Waals surface area contributed by atoms with Gasteiger partial charge in [-0.15, -0.1) is 0 Å². The number of nitrogens with zero attached hydrogens (tertiary/aromatic N) is 4.